The highest BCUT2D eigenvalue weighted by atomic mass is 16.1. The van der Waals surface area contributed by atoms with Crippen LogP contribution >= 0.6 is 0 Å². The number of rotatable bonds is 6. The molecular weight excluding hydrogens is 418 g/mol. The average molecular weight is 454 g/mol. The van der Waals surface area contributed by atoms with Crippen LogP contribution in [0, 0.1) is 6.92 Å². The van der Waals surface area contributed by atoms with Gasteiger partial charge >= 0.3 is 0 Å². The number of piperidine rings is 1. The van der Waals surface area contributed by atoms with E-state index in [4.69, 9.17) is 0 Å². The fourth-order valence-electron chi connectivity index (χ4n) is 5.62. The van der Waals surface area contributed by atoms with Crippen molar-refractivity contribution in [2.24, 2.45) is 0 Å². The van der Waals surface area contributed by atoms with Crippen molar-refractivity contribution in [1.82, 2.24) is 14.9 Å². The quantitative estimate of drug-likeness (QED) is 0.343. The monoisotopic (exact) mass is 453 g/mol. The van der Waals surface area contributed by atoms with Gasteiger partial charge in [0.1, 0.15) is 5.78 Å². The molecule has 0 unspecified atom stereocenters. The normalized spacial score (nSPS) is 15.6. The van der Waals surface area contributed by atoms with E-state index in [0.29, 0.717) is 30.6 Å². The Bertz CT molecular complexity index is 1340. The van der Waals surface area contributed by atoms with E-state index >= 15 is 0 Å². The first-order valence-electron chi connectivity index (χ1n) is 12.7. The SMILES string of the molecule is CCC(=O)CN1CCC(c2ccc3[nH]c(-c4cc(C)c5ncccc5c4)c(C(C)C)c3c2)CC1. The number of Topliss-reactive ketones (excluding diaryl/α,β-unsaturated/α-hetero) is 1. The van der Waals surface area contributed by atoms with Crippen molar-refractivity contribution in [3.05, 3.63) is 65.4 Å². The molecule has 1 N–H and O–H groups in total. The molecule has 4 aromatic rings. The van der Waals surface area contributed by atoms with E-state index in [1.165, 1.54) is 44.2 Å². The van der Waals surface area contributed by atoms with Gasteiger partial charge in [-0.25, -0.2) is 0 Å². The predicted molar refractivity (Wildman–Crippen MR) is 142 cm³/mol. The van der Waals surface area contributed by atoms with Gasteiger partial charge in [-0.3, -0.25) is 14.7 Å². The summed E-state index contributed by atoms with van der Waals surface area (Å²) in [4.78, 5) is 22.5. The van der Waals surface area contributed by atoms with Crippen LogP contribution in [-0.2, 0) is 4.79 Å². The third-order valence-electron chi connectivity index (χ3n) is 7.48. The van der Waals surface area contributed by atoms with Crippen LogP contribution in [0.15, 0.2) is 48.7 Å². The zero-order valence-corrected chi connectivity index (χ0v) is 20.8. The molecule has 2 aromatic heterocycles. The first-order valence-corrected chi connectivity index (χ1v) is 12.7. The maximum Gasteiger partial charge on any atom is 0.146 e. The summed E-state index contributed by atoms with van der Waals surface area (Å²) in [6.07, 6.45) is 4.74. The molecule has 0 spiro atoms. The van der Waals surface area contributed by atoms with Crippen LogP contribution < -0.4 is 0 Å². The van der Waals surface area contributed by atoms with Crippen LogP contribution in [0.5, 0.6) is 0 Å². The molecule has 34 heavy (non-hydrogen) atoms. The van der Waals surface area contributed by atoms with Gasteiger partial charge < -0.3 is 4.98 Å². The summed E-state index contributed by atoms with van der Waals surface area (Å²) in [6, 6.07) is 15.7. The lowest BCUT2D eigenvalue weighted by atomic mass is 9.87. The van der Waals surface area contributed by atoms with E-state index in [9.17, 15) is 4.79 Å². The Morgan fingerprint density at radius 3 is 2.68 bits per heavy atom. The predicted octanol–water partition coefficient (Wildman–Crippen LogP) is 6.97. The zero-order valence-electron chi connectivity index (χ0n) is 20.8. The number of nitrogens with zero attached hydrogens (tertiary/aromatic N) is 2. The van der Waals surface area contributed by atoms with E-state index < -0.39 is 0 Å². The minimum absolute atomic E-state index is 0.348. The van der Waals surface area contributed by atoms with Crippen LogP contribution in [0.2, 0.25) is 0 Å². The topological polar surface area (TPSA) is 49.0 Å². The molecule has 4 nitrogen and oxygen atoms in total. The van der Waals surface area contributed by atoms with Crippen LogP contribution in [-0.4, -0.2) is 40.3 Å². The smallest absolute Gasteiger partial charge is 0.146 e. The van der Waals surface area contributed by atoms with Gasteiger partial charge in [-0.1, -0.05) is 32.9 Å². The lowest BCUT2D eigenvalue weighted by molar-refractivity contribution is -0.120. The second kappa shape index (κ2) is 9.34. The largest absolute Gasteiger partial charge is 0.354 e. The van der Waals surface area contributed by atoms with E-state index in [0.717, 1.165) is 31.4 Å². The average Bonchev–Trinajstić information content (AvgIpc) is 3.23. The molecule has 1 aliphatic rings. The Balaban J connectivity index is 1.49. The Morgan fingerprint density at radius 2 is 1.94 bits per heavy atom. The second-order valence-electron chi connectivity index (χ2n) is 10.2. The number of fused-ring (bicyclic) bond motifs is 2. The summed E-state index contributed by atoms with van der Waals surface area (Å²) in [5.41, 5.74) is 8.76. The number of aromatic amines is 1. The number of pyridine rings is 1. The van der Waals surface area contributed by atoms with Crippen LogP contribution in [0.3, 0.4) is 0 Å². The number of benzene rings is 2. The molecule has 176 valence electrons. The number of nitrogens with one attached hydrogen (secondary N) is 1. The zero-order chi connectivity index (χ0) is 23.8. The summed E-state index contributed by atoms with van der Waals surface area (Å²) >= 11 is 0. The van der Waals surface area contributed by atoms with Crippen LogP contribution in [0.4, 0.5) is 0 Å². The van der Waals surface area contributed by atoms with Crippen molar-refractivity contribution in [2.45, 2.75) is 58.8 Å². The van der Waals surface area contributed by atoms with Gasteiger partial charge in [-0.2, -0.15) is 0 Å². The van der Waals surface area contributed by atoms with E-state index in [-0.39, 0.29) is 0 Å². The third-order valence-corrected chi connectivity index (χ3v) is 7.48. The Kier molecular flexibility index (Phi) is 6.26. The second-order valence-corrected chi connectivity index (χ2v) is 10.2. The third kappa shape index (κ3) is 4.27. The molecular formula is C30H35N3O. The Hall–Kier alpha value is -2.98. The number of H-pyrrole nitrogens is 1. The Labute approximate surface area is 202 Å². The maximum atomic E-state index is 11.8. The van der Waals surface area contributed by atoms with Crippen molar-refractivity contribution < 1.29 is 4.79 Å². The van der Waals surface area contributed by atoms with Crippen LogP contribution in [0.25, 0.3) is 33.1 Å². The number of hydrogen-bond donors (Lipinski definition) is 1. The number of aryl methyl sites for hydroxylation is 1. The molecule has 0 atom stereocenters. The van der Waals surface area contributed by atoms with Crippen molar-refractivity contribution in [1.29, 1.82) is 0 Å². The van der Waals surface area contributed by atoms with Gasteiger partial charge in [0.15, 0.2) is 0 Å². The van der Waals surface area contributed by atoms with Crippen molar-refractivity contribution >= 4 is 27.6 Å². The highest BCUT2D eigenvalue weighted by Crippen LogP contribution is 2.39. The summed E-state index contributed by atoms with van der Waals surface area (Å²) in [7, 11) is 0. The van der Waals surface area contributed by atoms with E-state index in [1.54, 1.807) is 0 Å². The highest BCUT2D eigenvalue weighted by molar-refractivity contribution is 5.94. The van der Waals surface area contributed by atoms with Crippen LogP contribution in [0.1, 0.15) is 68.6 Å². The lowest BCUT2D eigenvalue weighted by Gasteiger charge is -2.31. The van der Waals surface area contributed by atoms with Gasteiger partial charge in [-0.15, -0.1) is 0 Å². The number of aromatic nitrogens is 2. The fraction of sp³-hybridized carbons (Fsp3) is 0.400. The maximum absolute atomic E-state index is 11.8. The minimum atomic E-state index is 0.348. The molecule has 0 amide bonds. The summed E-state index contributed by atoms with van der Waals surface area (Å²) < 4.78 is 0. The molecule has 3 heterocycles. The lowest BCUT2D eigenvalue weighted by Crippen LogP contribution is -2.36. The molecule has 1 saturated heterocycles. The first-order chi connectivity index (χ1) is 16.4. The number of hydrogen-bond acceptors (Lipinski definition) is 3. The molecule has 1 aliphatic heterocycles. The highest BCUT2D eigenvalue weighted by Gasteiger charge is 2.23. The molecule has 4 heteroatoms. The summed E-state index contributed by atoms with van der Waals surface area (Å²) in [5, 5.41) is 2.52. The number of ketones is 1. The molecule has 0 aliphatic carbocycles. The number of likely N-dealkylation sites (tertiary alicyclic amines) is 1. The van der Waals surface area contributed by atoms with Crippen molar-refractivity contribution in [3.63, 3.8) is 0 Å². The fourth-order valence-corrected chi connectivity index (χ4v) is 5.62. The van der Waals surface area contributed by atoms with E-state index in [2.05, 4.69) is 72.0 Å². The Morgan fingerprint density at radius 1 is 1.15 bits per heavy atom. The first kappa shape index (κ1) is 22.8. The van der Waals surface area contributed by atoms with Gasteiger partial charge in [-0.05, 0) is 97.3 Å². The van der Waals surface area contributed by atoms with Gasteiger partial charge in [0.2, 0.25) is 0 Å². The van der Waals surface area contributed by atoms with Gasteiger partial charge in [0.05, 0.1) is 12.1 Å². The molecule has 0 saturated carbocycles. The van der Waals surface area contributed by atoms with Gasteiger partial charge in [0.25, 0.3) is 0 Å². The molecule has 1 fully saturated rings. The molecule has 2 aromatic carbocycles. The van der Waals surface area contributed by atoms with Crippen molar-refractivity contribution in [3.8, 4) is 11.3 Å². The molecule has 0 bridgehead atoms. The van der Waals surface area contributed by atoms with Gasteiger partial charge in [0, 0.05) is 34.6 Å². The summed E-state index contributed by atoms with van der Waals surface area (Å²) in [6.45, 7) is 11.3. The molecule has 0 radical (unpaired) electrons. The minimum Gasteiger partial charge on any atom is -0.354 e. The van der Waals surface area contributed by atoms with Crippen molar-refractivity contribution in [2.75, 3.05) is 19.6 Å². The number of carbonyl (C=O) groups is 1. The number of carbonyl (C=O) groups excluding carboxylic acids is 1. The molecule has 5 rings (SSSR count). The summed E-state index contributed by atoms with van der Waals surface area (Å²) in [5.74, 6) is 1.32. The van der Waals surface area contributed by atoms with E-state index in [1.807, 2.05) is 19.2 Å². The standard InChI is InChI=1S/C30H35N3O/c1-5-25(34)18-33-13-10-21(11-14-33)22-8-9-27-26(17-22)28(19(2)3)30(32-27)24-15-20(4)29-23(16-24)7-6-12-31-29/h6-9,12,15-17,19,21,32H,5,10-11,13-14,18H2,1-4H3.